The van der Waals surface area contributed by atoms with Gasteiger partial charge in [0.15, 0.2) is 0 Å². The zero-order valence-electron chi connectivity index (χ0n) is 16.1. The minimum Gasteiger partial charge on any atom is -0.378 e. The molecule has 2 aromatic rings. The molecule has 0 spiro atoms. The molecule has 3 rings (SSSR count). The lowest BCUT2D eigenvalue weighted by Crippen LogP contribution is -2.48. The van der Waals surface area contributed by atoms with Gasteiger partial charge in [-0.1, -0.05) is 18.2 Å². The molecule has 0 N–H and O–H groups in total. The molecule has 6 nitrogen and oxygen atoms in total. The van der Waals surface area contributed by atoms with Crippen molar-refractivity contribution in [3.8, 4) is 0 Å². The fourth-order valence-electron chi connectivity index (χ4n) is 3.06. The van der Waals surface area contributed by atoms with Gasteiger partial charge in [0.25, 0.3) is 11.5 Å². The number of piperazine rings is 1. The summed E-state index contributed by atoms with van der Waals surface area (Å²) in [5, 5.41) is 0. The van der Waals surface area contributed by atoms with Gasteiger partial charge < -0.3 is 14.7 Å². The third-order valence-electron chi connectivity index (χ3n) is 4.80. The third kappa shape index (κ3) is 4.46. The number of hydrogen-bond acceptors (Lipinski definition) is 4. The number of likely N-dealkylation sites (N-methyl/N-ethyl adjacent to an activating group) is 1. The topological polar surface area (TPSA) is 48.8 Å². The molecule has 0 bridgehead atoms. The Morgan fingerprint density at radius 2 is 1.67 bits per heavy atom. The van der Waals surface area contributed by atoms with E-state index in [2.05, 4.69) is 4.90 Å². The first kappa shape index (κ1) is 18.9. The second kappa shape index (κ2) is 8.22. The second-order valence-electron chi connectivity index (χ2n) is 7.02. The number of aromatic nitrogens is 1. The van der Waals surface area contributed by atoms with Crippen molar-refractivity contribution in [3.63, 3.8) is 0 Å². The zero-order chi connectivity index (χ0) is 19.4. The number of nitrogens with zero attached hydrogens (tertiary/aromatic N) is 4. The Hall–Kier alpha value is -2.86. The van der Waals surface area contributed by atoms with Crippen molar-refractivity contribution in [3.05, 3.63) is 64.6 Å². The highest BCUT2D eigenvalue weighted by Gasteiger charge is 2.23. The summed E-state index contributed by atoms with van der Waals surface area (Å²) in [6.07, 6.45) is 3.44. The van der Waals surface area contributed by atoms with Crippen molar-refractivity contribution in [2.75, 3.05) is 52.2 Å². The molecule has 142 valence electrons. The van der Waals surface area contributed by atoms with Gasteiger partial charge in [0, 0.05) is 58.2 Å². The van der Waals surface area contributed by atoms with Gasteiger partial charge in [0.1, 0.15) is 5.70 Å². The van der Waals surface area contributed by atoms with Crippen LogP contribution in [0.5, 0.6) is 0 Å². The Kier molecular flexibility index (Phi) is 5.76. The van der Waals surface area contributed by atoms with Gasteiger partial charge in [-0.3, -0.25) is 14.2 Å². The van der Waals surface area contributed by atoms with E-state index in [9.17, 15) is 9.59 Å². The van der Waals surface area contributed by atoms with Crippen LogP contribution >= 0.6 is 0 Å². The third-order valence-corrected chi connectivity index (χ3v) is 4.80. The minimum atomic E-state index is -0.212. The molecule has 0 saturated carbocycles. The highest BCUT2D eigenvalue weighted by molar-refractivity contribution is 6.18. The Balaban J connectivity index is 1.98. The summed E-state index contributed by atoms with van der Waals surface area (Å²) in [5.74, 6) is -0.118. The number of hydrogen-bond donors (Lipinski definition) is 0. The van der Waals surface area contributed by atoms with Crippen LogP contribution in [0, 0.1) is 0 Å². The molecule has 0 radical (unpaired) electrons. The molecular weight excluding hydrogens is 340 g/mol. The predicted octanol–water partition coefficient (Wildman–Crippen LogP) is 1.69. The maximum absolute atomic E-state index is 13.2. The largest absolute Gasteiger partial charge is 0.378 e. The Bertz CT molecular complexity index is 876. The van der Waals surface area contributed by atoms with Gasteiger partial charge in [-0.25, -0.2) is 0 Å². The van der Waals surface area contributed by atoms with Crippen LogP contribution < -0.4 is 10.5 Å². The lowest BCUT2D eigenvalue weighted by Gasteiger charge is -2.33. The van der Waals surface area contributed by atoms with Crippen molar-refractivity contribution >= 4 is 23.4 Å². The van der Waals surface area contributed by atoms with Crippen molar-refractivity contribution in [1.29, 1.82) is 0 Å². The number of rotatable bonds is 4. The summed E-state index contributed by atoms with van der Waals surface area (Å²) in [7, 11) is 6.01. The SMILES string of the molecule is CN1CCN(C(=O)C(=Cc2ccc(N(C)C)cc2)n2ccccc2=O)CC1. The van der Waals surface area contributed by atoms with Gasteiger partial charge in [0.2, 0.25) is 0 Å². The van der Waals surface area contributed by atoms with E-state index >= 15 is 0 Å². The fraction of sp³-hybridized carbons (Fsp3) is 0.333. The van der Waals surface area contributed by atoms with Crippen LogP contribution in [0.3, 0.4) is 0 Å². The Morgan fingerprint density at radius 3 is 2.26 bits per heavy atom. The number of anilines is 1. The second-order valence-corrected chi connectivity index (χ2v) is 7.02. The molecule has 0 unspecified atom stereocenters. The van der Waals surface area contributed by atoms with E-state index in [1.807, 2.05) is 55.2 Å². The van der Waals surface area contributed by atoms with Gasteiger partial charge in [-0.2, -0.15) is 0 Å². The predicted molar refractivity (Wildman–Crippen MR) is 110 cm³/mol. The summed E-state index contributed by atoms with van der Waals surface area (Å²) >= 11 is 0. The number of benzene rings is 1. The Morgan fingerprint density at radius 1 is 1.00 bits per heavy atom. The molecule has 1 aromatic carbocycles. The number of pyridine rings is 1. The molecule has 0 atom stereocenters. The molecule has 1 aliphatic rings. The van der Waals surface area contributed by atoms with Gasteiger partial charge in [-0.05, 0) is 36.9 Å². The van der Waals surface area contributed by atoms with Crippen molar-refractivity contribution < 1.29 is 4.79 Å². The summed E-state index contributed by atoms with van der Waals surface area (Å²) in [5.41, 5.74) is 2.13. The van der Waals surface area contributed by atoms with E-state index in [1.165, 1.54) is 10.6 Å². The summed E-state index contributed by atoms with van der Waals surface area (Å²) < 4.78 is 1.43. The summed E-state index contributed by atoms with van der Waals surface area (Å²) in [6, 6.07) is 12.8. The quantitative estimate of drug-likeness (QED) is 0.773. The first-order valence-electron chi connectivity index (χ1n) is 9.10. The van der Waals surface area contributed by atoms with Crippen LogP contribution in [0.1, 0.15) is 5.56 Å². The van der Waals surface area contributed by atoms with Crippen molar-refractivity contribution in [1.82, 2.24) is 14.4 Å². The molecule has 1 amide bonds. The Labute approximate surface area is 159 Å². The zero-order valence-corrected chi connectivity index (χ0v) is 16.1. The molecule has 2 heterocycles. The lowest BCUT2D eigenvalue weighted by molar-refractivity contribution is -0.126. The fourth-order valence-corrected chi connectivity index (χ4v) is 3.06. The average molecular weight is 366 g/mol. The molecular formula is C21H26N4O2. The molecule has 27 heavy (non-hydrogen) atoms. The first-order chi connectivity index (χ1) is 13.0. The standard InChI is InChI=1S/C21H26N4O2/c1-22(2)18-9-7-17(8-10-18)16-19(25-11-5-4-6-20(25)26)21(27)24-14-12-23(3)13-15-24/h4-11,16H,12-15H2,1-3H3. The normalized spacial score (nSPS) is 15.7. The number of amides is 1. The van der Waals surface area contributed by atoms with E-state index < -0.39 is 0 Å². The molecule has 6 heteroatoms. The summed E-state index contributed by atoms with van der Waals surface area (Å²) in [4.78, 5) is 31.6. The highest BCUT2D eigenvalue weighted by Crippen LogP contribution is 2.18. The maximum atomic E-state index is 13.2. The van der Waals surface area contributed by atoms with Crippen LogP contribution in [0.2, 0.25) is 0 Å². The average Bonchev–Trinajstić information content (AvgIpc) is 2.67. The molecule has 0 aliphatic carbocycles. The van der Waals surface area contributed by atoms with Crippen LogP contribution in [0.15, 0.2) is 53.5 Å². The maximum Gasteiger partial charge on any atom is 0.271 e. The van der Waals surface area contributed by atoms with Crippen LogP contribution in [-0.4, -0.2) is 67.6 Å². The van der Waals surface area contributed by atoms with E-state index in [4.69, 9.17) is 0 Å². The van der Waals surface area contributed by atoms with E-state index in [-0.39, 0.29) is 11.5 Å². The smallest absolute Gasteiger partial charge is 0.271 e. The van der Waals surface area contributed by atoms with Crippen molar-refractivity contribution in [2.24, 2.45) is 0 Å². The van der Waals surface area contributed by atoms with Crippen LogP contribution in [-0.2, 0) is 4.79 Å². The molecule has 1 saturated heterocycles. The highest BCUT2D eigenvalue weighted by atomic mass is 16.2. The van der Waals surface area contributed by atoms with Gasteiger partial charge in [-0.15, -0.1) is 0 Å². The minimum absolute atomic E-state index is 0.118. The monoisotopic (exact) mass is 366 g/mol. The van der Waals surface area contributed by atoms with E-state index in [0.29, 0.717) is 18.8 Å². The molecule has 1 fully saturated rings. The van der Waals surface area contributed by atoms with Crippen molar-refractivity contribution in [2.45, 2.75) is 0 Å². The van der Waals surface area contributed by atoms with E-state index in [0.717, 1.165) is 24.3 Å². The van der Waals surface area contributed by atoms with Crippen LogP contribution in [0.25, 0.3) is 11.8 Å². The number of carbonyl (C=O) groups is 1. The van der Waals surface area contributed by atoms with Gasteiger partial charge >= 0.3 is 0 Å². The number of carbonyl (C=O) groups excluding carboxylic acids is 1. The van der Waals surface area contributed by atoms with Gasteiger partial charge in [0.05, 0.1) is 0 Å². The summed E-state index contributed by atoms with van der Waals surface area (Å²) in [6.45, 7) is 2.99. The van der Waals surface area contributed by atoms with Crippen LogP contribution in [0.4, 0.5) is 5.69 Å². The lowest BCUT2D eigenvalue weighted by atomic mass is 10.1. The van der Waals surface area contributed by atoms with E-state index in [1.54, 1.807) is 24.4 Å². The molecule has 1 aromatic heterocycles. The molecule has 1 aliphatic heterocycles. The first-order valence-corrected chi connectivity index (χ1v) is 9.10.